The number of unbranched alkanes of at least 4 members (excludes halogenated alkanes) is 23. The Hall–Kier alpha value is -0.0800. The molecule has 0 aliphatic rings. The predicted molar refractivity (Wildman–Crippen MR) is 153 cm³/mol. The SMILES string of the molecule is CCCCCCCCCCCCCCCC(CCCCCCCCCCCCCC)C(O)CO. The Balaban J connectivity index is 3.52. The zero-order chi connectivity index (χ0) is 25.0. The van der Waals surface area contributed by atoms with Crippen LogP contribution in [0, 0.1) is 5.92 Å². The molecule has 2 nitrogen and oxygen atoms in total. The molecule has 206 valence electrons. The maximum absolute atomic E-state index is 10.2. The van der Waals surface area contributed by atoms with Gasteiger partial charge in [-0.25, -0.2) is 0 Å². The van der Waals surface area contributed by atoms with E-state index in [1.807, 2.05) is 0 Å². The van der Waals surface area contributed by atoms with Gasteiger partial charge in [0.15, 0.2) is 0 Å². The van der Waals surface area contributed by atoms with Gasteiger partial charge in [0, 0.05) is 0 Å². The van der Waals surface area contributed by atoms with Crippen LogP contribution < -0.4 is 0 Å². The number of hydrogen-bond donors (Lipinski definition) is 2. The van der Waals surface area contributed by atoms with Crippen molar-refractivity contribution in [1.82, 2.24) is 0 Å². The van der Waals surface area contributed by atoms with Crippen molar-refractivity contribution in [2.45, 2.75) is 193 Å². The number of aliphatic hydroxyl groups excluding tert-OH is 2. The van der Waals surface area contributed by atoms with E-state index in [0.29, 0.717) is 5.92 Å². The van der Waals surface area contributed by atoms with Crippen LogP contribution in [0.1, 0.15) is 187 Å². The van der Waals surface area contributed by atoms with E-state index in [-0.39, 0.29) is 6.61 Å². The van der Waals surface area contributed by atoms with E-state index < -0.39 is 6.10 Å². The van der Waals surface area contributed by atoms with Crippen molar-refractivity contribution in [2.75, 3.05) is 6.61 Å². The summed E-state index contributed by atoms with van der Waals surface area (Å²) in [6.45, 7) is 4.50. The molecule has 2 atom stereocenters. The number of hydrogen-bond acceptors (Lipinski definition) is 2. The first-order chi connectivity index (χ1) is 16.8. The van der Waals surface area contributed by atoms with Gasteiger partial charge >= 0.3 is 0 Å². The van der Waals surface area contributed by atoms with Crippen molar-refractivity contribution in [2.24, 2.45) is 5.92 Å². The first kappa shape index (κ1) is 33.9. The molecule has 0 radical (unpaired) electrons. The fourth-order valence-electron chi connectivity index (χ4n) is 5.35. The third-order valence-electron chi connectivity index (χ3n) is 7.84. The summed E-state index contributed by atoms with van der Waals surface area (Å²) in [5.74, 6) is 0.306. The minimum Gasteiger partial charge on any atom is -0.394 e. The summed E-state index contributed by atoms with van der Waals surface area (Å²) < 4.78 is 0. The maximum Gasteiger partial charge on any atom is 0.0799 e. The summed E-state index contributed by atoms with van der Waals surface area (Å²) >= 11 is 0. The number of aliphatic hydroxyl groups is 2. The van der Waals surface area contributed by atoms with Crippen molar-refractivity contribution in [1.29, 1.82) is 0 Å². The largest absolute Gasteiger partial charge is 0.394 e. The van der Waals surface area contributed by atoms with Gasteiger partial charge in [-0.2, -0.15) is 0 Å². The lowest BCUT2D eigenvalue weighted by Crippen LogP contribution is -2.24. The molecule has 0 spiro atoms. The Morgan fingerprint density at radius 2 is 0.618 bits per heavy atom. The Morgan fingerprint density at radius 3 is 0.853 bits per heavy atom. The van der Waals surface area contributed by atoms with Crippen LogP contribution in [0.15, 0.2) is 0 Å². The lowest BCUT2D eigenvalue weighted by Gasteiger charge is -2.21. The van der Waals surface area contributed by atoms with Gasteiger partial charge in [-0.3, -0.25) is 0 Å². The van der Waals surface area contributed by atoms with Crippen LogP contribution in [0.5, 0.6) is 0 Å². The lowest BCUT2D eigenvalue weighted by atomic mass is 9.90. The quantitative estimate of drug-likeness (QED) is 0.104. The third kappa shape index (κ3) is 25.0. The van der Waals surface area contributed by atoms with Gasteiger partial charge < -0.3 is 10.2 Å². The molecule has 0 fully saturated rings. The molecule has 0 aromatic carbocycles. The van der Waals surface area contributed by atoms with E-state index >= 15 is 0 Å². The first-order valence-electron chi connectivity index (χ1n) is 16.0. The molecular weight excluding hydrogens is 416 g/mol. The minimum atomic E-state index is -0.509. The molecule has 0 rings (SSSR count). The molecular formula is C32H66O2. The van der Waals surface area contributed by atoms with Gasteiger partial charge in [-0.05, 0) is 18.8 Å². The summed E-state index contributed by atoms with van der Waals surface area (Å²) in [6, 6.07) is 0. The Kier molecular flexibility index (Phi) is 29.1. The molecule has 0 aromatic heterocycles. The highest BCUT2D eigenvalue weighted by Gasteiger charge is 2.17. The van der Waals surface area contributed by atoms with Crippen molar-refractivity contribution < 1.29 is 10.2 Å². The highest BCUT2D eigenvalue weighted by molar-refractivity contribution is 4.69. The van der Waals surface area contributed by atoms with E-state index in [0.717, 1.165) is 12.8 Å². The smallest absolute Gasteiger partial charge is 0.0799 e. The third-order valence-corrected chi connectivity index (χ3v) is 7.84. The Labute approximate surface area is 216 Å². The summed E-state index contributed by atoms with van der Waals surface area (Å²) in [5.41, 5.74) is 0. The zero-order valence-electron chi connectivity index (χ0n) is 23.8. The van der Waals surface area contributed by atoms with E-state index in [1.165, 1.54) is 161 Å². The monoisotopic (exact) mass is 483 g/mol. The van der Waals surface area contributed by atoms with Crippen LogP contribution >= 0.6 is 0 Å². The molecule has 0 heterocycles. The Morgan fingerprint density at radius 1 is 0.382 bits per heavy atom. The zero-order valence-corrected chi connectivity index (χ0v) is 23.8. The van der Waals surface area contributed by atoms with Gasteiger partial charge in [0.25, 0.3) is 0 Å². The van der Waals surface area contributed by atoms with Crippen LogP contribution in [0.4, 0.5) is 0 Å². The lowest BCUT2D eigenvalue weighted by molar-refractivity contribution is 0.0382. The average molecular weight is 483 g/mol. The maximum atomic E-state index is 10.2. The van der Waals surface area contributed by atoms with Gasteiger partial charge in [0.2, 0.25) is 0 Å². The first-order valence-corrected chi connectivity index (χ1v) is 16.0. The molecule has 0 saturated heterocycles. The average Bonchev–Trinajstić information content (AvgIpc) is 2.85. The topological polar surface area (TPSA) is 40.5 Å². The summed E-state index contributed by atoms with van der Waals surface area (Å²) in [7, 11) is 0. The standard InChI is InChI=1S/C32H66O2/c1-3-5-7-9-11-13-15-17-19-21-23-25-27-29-31(32(34)30-33)28-26-24-22-20-18-16-14-12-10-8-6-4-2/h31-34H,3-30H2,1-2H3. The fourth-order valence-corrected chi connectivity index (χ4v) is 5.35. The van der Waals surface area contributed by atoms with E-state index in [9.17, 15) is 10.2 Å². The van der Waals surface area contributed by atoms with Gasteiger partial charge in [-0.1, -0.05) is 174 Å². The Bertz CT molecular complexity index is 357. The van der Waals surface area contributed by atoms with Crippen molar-refractivity contribution >= 4 is 0 Å². The van der Waals surface area contributed by atoms with Gasteiger partial charge in [-0.15, -0.1) is 0 Å². The molecule has 0 aromatic rings. The second-order valence-electron chi connectivity index (χ2n) is 11.2. The van der Waals surface area contributed by atoms with Crippen molar-refractivity contribution in [3.05, 3.63) is 0 Å². The molecule has 2 unspecified atom stereocenters. The van der Waals surface area contributed by atoms with Crippen LogP contribution in [-0.4, -0.2) is 22.9 Å². The fraction of sp³-hybridized carbons (Fsp3) is 1.00. The second-order valence-corrected chi connectivity index (χ2v) is 11.2. The van der Waals surface area contributed by atoms with Crippen LogP contribution in [0.2, 0.25) is 0 Å². The minimum absolute atomic E-state index is 0.0681. The van der Waals surface area contributed by atoms with Crippen LogP contribution in [0.3, 0.4) is 0 Å². The number of rotatable bonds is 29. The highest BCUT2D eigenvalue weighted by Crippen LogP contribution is 2.23. The van der Waals surface area contributed by atoms with E-state index in [4.69, 9.17) is 0 Å². The molecule has 0 amide bonds. The molecule has 2 N–H and O–H groups in total. The van der Waals surface area contributed by atoms with Gasteiger partial charge in [0.1, 0.15) is 0 Å². The van der Waals surface area contributed by atoms with Crippen LogP contribution in [-0.2, 0) is 0 Å². The van der Waals surface area contributed by atoms with E-state index in [2.05, 4.69) is 13.8 Å². The van der Waals surface area contributed by atoms with Crippen molar-refractivity contribution in [3.8, 4) is 0 Å². The second kappa shape index (κ2) is 29.2. The predicted octanol–water partition coefficient (Wildman–Crippen LogP) is 10.5. The molecule has 0 saturated carbocycles. The molecule has 0 bridgehead atoms. The van der Waals surface area contributed by atoms with Crippen molar-refractivity contribution in [3.63, 3.8) is 0 Å². The summed E-state index contributed by atoms with van der Waals surface area (Å²) in [4.78, 5) is 0. The highest BCUT2D eigenvalue weighted by atomic mass is 16.3. The van der Waals surface area contributed by atoms with E-state index in [1.54, 1.807) is 0 Å². The normalized spacial score (nSPS) is 13.4. The van der Waals surface area contributed by atoms with Crippen LogP contribution in [0.25, 0.3) is 0 Å². The summed E-state index contributed by atoms with van der Waals surface area (Å²) in [6.07, 6.45) is 36.2. The molecule has 2 heteroatoms. The molecule has 0 aliphatic heterocycles. The van der Waals surface area contributed by atoms with Gasteiger partial charge in [0.05, 0.1) is 12.7 Å². The molecule has 0 aliphatic carbocycles. The molecule has 34 heavy (non-hydrogen) atoms. The summed E-state index contributed by atoms with van der Waals surface area (Å²) in [5, 5.41) is 19.7.